The molecule has 0 fully saturated rings. The highest BCUT2D eigenvalue weighted by Crippen LogP contribution is 2.16. The van der Waals surface area contributed by atoms with E-state index in [-0.39, 0.29) is 17.9 Å². The zero-order chi connectivity index (χ0) is 13.7. The molecule has 5 heteroatoms. The summed E-state index contributed by atoms with van der Waals surface area (Å²) >= 11 is 0. The summed E-state index contributed by atoms with van der Waals surface area (Å²) in [6.07, 6.45) is 1.66. The Morgan fingerprint density at radius 2 is 1.59 bits per heavy atom. The largest absolute Gasteiger partial charge is 0.378 e. The van der Waals surface area contributed by atoms with Crippen LogP contribution in [0.15, 0.2) is 0 Å². The molecule has 0 saturated heterocycles. The molecular formula is C12H27NO3S. The van der Waals surface area contributed by atoms with Gasteiger partial charge in [0.1, 0.15) is 0 Å². The van der Waals surface area contributed by atoms with Crippen LogP contribution in [0.1, 0.15) is 47.5 Å². The van der Waals surface area contributed by atoms with E-state index < -0.39 is 14.6 Å². The third-order valence-electron chi connectivity index (χ3n) is 3.23. The molecule has 0 aliphatic carbocycles. The fourth-order valence-electron chi connectivity index (χ4n) is 1.20. The number of sulfone groups is 1. The maximum Gasteiger partial charge on any atom is 0.157 e. The van der Waals surface area contributed by atoms with Crippen LogP contribution in [0.5, 0.6) is 0 Å². The molecule has 17 heavy (non-hydrogen) atoms. The van der Waals surface area contributed by atoms with E-state index in [2.05, 4.69) is 0 Å². The van der Waals surface area contributed by atoms with Crippen molar-refractivity contribution < 1.29 is 13.2 Å². The predicted octanol–water partition coefficient (Wildman–Crippen LogP) is 1.73. The third kappa shape index (κ3) is 5.36. The van der Waals surface area contributed by atoms with Crippen molar-refractivity contribution in [3.05, 3.63) is 0 Å². The summed E-state index contributed by atoms with van der Waals surface area (Å²) in [5.41, 5.74) is 5.73. The lowest BCUT2D eigenvalue weighted by Gasteiger charge is -2.26. The van der Waals surface area contributed by atoms with Gasteiger partial charge >= 0.3 is 0 Å². The minimum atomic E-state index is -3.09. The predicted molar refractivity (Wildman–Crippen MR) is 71.9 cm³/mol. The first-order chi connectivity index (χ1) is 7.58. The van der Waals surface area contributed by atoms with Gasteiger partial charge < -0.3 is 10.5 Å². The molecule has 0 aromatic carbocycles. The van der Waals surface area contributed by atoms with Crippen molar-refractivity contribution in [3.8, 4) is 0 Å². The molecule has 0 radical (unpaired) electrons. The molecule has 4 nitrogen and oxygen atoms in total. The second-order valence-corrected chi connectivity index (χ2v) is 8.42. The molecule has 0 saturated carbocycles. The second kappa shape index (κ2) is 6.16. The van der Waals surface area contributed by atoms with Crippen molar-refractivity contribution in [2.75, 3.05) is 19.0 Å². The molecule has 0 aliphatic rings. The summed E-state index contributed by atoms with van der Waals surface area (Å²) < 4.78 is 28.3. The molecule has 0 aromatic heterocycles. The minimum absolute atomic E-state index is 0.0556. The summed E-state index contributed by atoms with van der Waals surface area (Å²) in [5, 5.41) is 0. The summed E-state index contributed by atoms with van der Waals surface area (Å²) in [4.78, 5) is 0. The highest BCUT2D eigenvalue weighted by Gasteiger charge is 2.28. The van der Waals surface area contributed by atoms with Crippen molar-refractivity contribution in [1.29, 1.82) is 0 Å². The first kappa shape index (κ1) is 16.9. The first-order valence-electron chi connectivity index (χ1n) is 6.17. The van der Waals surface area contributed by atoms with E-state index in [0.29, 0.717) is 6.61 Å². The summed E-state index contributed by atoms with van der Waals surface area (Å²) in [5.74, 6) is 0.0556. The standard InChI is InChI=1S/C12H27NO3S/c1-6-12(13,7-2)10-16-8-9-17(14,15)11(3,4)5/h6-10,13H2,1-5H3. The minimum Gasteiger partial charge on any atom is -0.378 e. The van der Waals surface area contributed by atoms with Gasteiger partial charge in [-0.3, -0.25) is 0 Å². The van der Waals surface area contributed by atoms with Crippen LogP contribution < -0.4 is 5.73 Å². The Hall–Kier alpha value is -0.130. The molecular weight excluding hydrogens is 238 g/mol. The van der Waals surface area contributed by atoms with Gasteiger partial charge in [0.2, 0.25) is 0 Å². The van der Waals surface area contributed by atoms with E-state index in [0.717, 1.165) is 12.8 Å². The molecule has 0 bridgehead atoms. The zero-order valence-electron chi connectivity index (χ0n) is 11.7. The molecule has 2 N–H and O–H groups in total. The van der Waals surface area contributed by atoms with Crippen molar-refractivity contribution in [3.63, 3.8) is 0 Å². The SMILES string of the molecule is CCC(N)(CC)COCCS(=O)(=O)C(C)(C)C. The van der Waals surface area contributed by atoms with Crippen molar-refractivity contribution >= 4 is 9.84 Å². The topological polar surface area (TPSA) is 69.4 Å². The second-order valence-electron chi connectivity index (χ2n) is 5.55. The van der Waals surface area contributed by atoms with E-state index in [1.54, 1.807) is 20.8 Å². The Morgan fingerprint density at radius 1 is 1.12 bits per heavy atom. The first-order valence-corrected chi connectivity index (χ1v) is 7.82. The van der Waals surface area contributed by atoms with Gasteiger partial charge in [-0.2, -0.15) is 0 Å². The molecule has 0 aromatic rings. The van der Waals surface area contributed by atoms with Gasteiger partial charge in [-0.25, -0.2) is 8.42 Å². The van der Waals surface area contributed by atoms with Crippen LogP contribution in [0, 0.1) is 0 Å². The highest BCUT2D eigenvalue weighted by atomic mass is 32.2. The van der Waals surface area contributed by atoms with Gasteiger partial charge in [0.15, 0.2) is 9.84 Å². The molecule has 104 valence electrons. The maximum absolute atomic E-state index is 11.8. The molecule has 0 heterocycles. The van der Waals surface area contributed by atoms with Crippen LogP contribution in [-0.4, -0.2) is 37.7 Å². The Balaban J connectivity index is 4.11. The Morgan fingerprint density at radius 3 is 1.94 bits per heavy atom. The normalized spacial score (nSPS) is 14.0. The number of rotatable bonds is 7. The van der Waals surface area contributed by atoms with Crippen LogP contribution in [0.4, 0.5) is 0 Å². The van der Waals surface area contributed by atoms with Gasteiger partial charge in [-0.1, -0.05) is 13.8 Å². The molecule has 0 rings (SSSR count). The van der Waals surface area contributed by atoms with E-state index >= 15 is 0 Å². The van der Waals surface area contributed by atoms with Crippen LogP contribution in [0.3, 0.4) is 0 Å². The van der Waals surface area contributed by atoms with Gasteiger partial charge in [-0.05, 0) is 33.6 Å². The van der Waals surface area contributed by atoms with Crippen molar-refractivity contribution in [1.82, 2.24) is 0 Å². The van der Waals surface area contributed by atoms with E-state index in [4.69, 9.17) is 10.5 Å². The molecule has 0 amide bonds. The zero-order valence-corrected chi connectivity index (χ0v) is 12.6. The van der Waals surface area contributed by atoms with Gasteiger partial charge in [0, 0.05) is 5.54 Å². The lowest BCUT2D eigenvalue weighted by atomic mass is 9.96. The number of hydrogen-bond donors (Lipinski definition) is 1. The lowest BCUT2D eigenvalue weighted by Crippen LogP contribution is -2.43. The molecule has 0 unspecified atom stereocenters. The van der Waals surface area contributed by atoms with Gasteiger partial charge in [0.25, 0.3) is 0 Å². The highest BCUT2D eigenvalue weighted by molar-refractivity contribution is 7.92. The number of nitrogens with two attached hydrogens (primary N) is 1. The van der Waals surface area contributed by atoms with Gasteiger partial charge in [-0.15, -0.1) is 0 Å². The summed E-state index contributed by atoms with van der Waals surface area (Å²) in [6, 6.07) is 0. The average Bonchev–Trinajstić information content (AvgIpc) is 2.22. The van der Waals surface area contributed by atoms with Crippen molar-refractivity contribution in [2.24, 2.45) is 5.73 Å². The Kier molecular flexibility index (Phi) is 6.11. The number of ether oxygens (including phenoxy) is 1. The summed E-state index contributed by atoms with van der Waals surface area (Å²) in [6.45, 7) is 9.77. The smallest absolute Gasteiger partial charge is 0.157 e. The maximum atomic E-state index is 11.8. The third-order valence-corrected chi connectivity index (χ3v) is 5.80. The lowest BCUT2D eigenvalue weighted by molar-refractivity contribution is 0.0914. The fraction of sp³-hybridized carbons (Fsp3) is 1.00. The fourth-order valence-corrected chi connectivity index (χ4v) is 2.15. The average molecular weight is 265 g/mol. The molecule has 0 spiro atoms. The van der Waals surface area contributed by atoms with Gasteiger partial charge in [0.05, 0.1) is 23.7 Å². The summed E-state index contributed by atoms with van der Waals surface area (Å²) in [7, 11) is -3.09. The van der Waals surface area contributed by atoms with Crippen LogP contribution in [-0.2, 0) is 14.6 Å². The van der Waals surface area contributed by atoms with Crippen LogP contribution in [0.2, 0.25) is 0 Å². The molecule has 0 aliphatic heterocycles. The van der Waals surface area contributed by atoms with E-state index in [1.807, 2.05) is 13.8 Å². The van der Waals surface area contributed by atoms with Crippen molar-refractivity contribution in [2.45, 2.75) is 57.7 Å². The quantitative estimate of drug-likeness (QED) is 0.712. The van der Waals surface area contributed by atoms with Crippen LogP contribution >= 0.6 is 0 Å². The van der Waals surface area contributed by atoms with E-state index in [1.165, 1.54) is 0 Å². The monoisotopic (exact) mass is 265 g/mol. The Labute approximate surface area is 106 Å². The molecule has 0 atom stereocenters. The van der Waals surface area contributed by atoms with Crippen LogP contribution in [0.25, 0.3) is 0 Å². The Bertz CT molecular complexity index is 313. The number of hydrogen-bond acceptors (Lipinski definition) is 4. The van der Waals surface area contributed by atoms with E-state index in [9.17, 15) is 8.42 Å².